The molecule has 1 rings (SSSR count). The molecule has 126 valence electrons. The zero-order valence-electron chi connectivity index (χ0n) is 12.5. The molecule has 7 nitrogen and oxygen atoms in total. The molecule has 9 heteroatoms. The van der Waals surface area contributed by atoms with Crippen LogP contribution in [0.3, 0.4) is 0 Å². The number of alkyl halides is 1. The van der Waals surface area contributed by atoms with E-state index in [0.29, 0.717) is 0 Å². The molecule has 0 aliphatic heterocycles. The van der Waals surface area contributed by atoms with Crippen LogP contribution in [0.5, 0.6) is 0 Å². The number of para-hydroxylation sites is 1. The van der Waals surface area contributed by atoms with Gasteiger partial charge in [-0.1, -0.05) is 12.1 Å². The van der Waals surface area contributed by atoms with Crippen LogP contribution >= 0.6 is 0 Å². The van der Waals surface area contributed by atoms with Crippen molar-refractivity contribution in [1.82, 2.24) is 0 Å². The van der Waals surface area contributed by atoms with Gasteiger partial charge in [0.25, 0.3) is 0 Å². The lowest BCUT2D eigenvalue weighted by Gasteiger charge is -2.21. The lowest BCUT2D eigenvalue weighted by Crippen LogP contribution is -2.47. The van der Waals surface area contributed by atoms with E-state index in [9.17, 15) is 28.5 Å². The van der Waals surface area contributed by atoms with Crippen molar-refractivity contribution < 1.29 is 32.8 Å². The summed E-state index contributed by atoms with van der Waals surface area (Å²) in [5, 5.41) is 10.9. The fraction of sp³-hybridized carbons (Fsp3) is 0.429. The summed E-state index contributed by atoms with van der Waals surface area (Å²) in [7, 11) is 0. The number of halogens is 2. The summed E-state index contributed by atoms with van der Waals surface area (Å²) < 4.78 is 37.5. The van der Waals surface area contributed by atoms with E-state index in [4.69, 9.17) is 0 Å². The smallest absolute Gasteiger partial charge is 0.356 e. The minimum absolute atomic E-state index is 0.213. The van der Waals surface area contributed by atoms with E-state index in [0.717, 1.165) is 18.2 Å². The number of carbonyl (C=O) groups excluding carboxylic acids is 2. The van der Waals surface area contributed by atoms with Gasteiger partial charge in [0, 0.05) is 12.0 Å². The molecule has 0 radical (unpaired) electrons. The standard InChI is InChI=1S/C14H15F2NO6/c1-3-22-12(18)14(16,13(19)23-4-2)8-9-6-5-7-10(15)11(9)17(20)21/h5-7H,3-4,8H2,1-2H3. The first-order valence-corrected chi connectivity index (χ1v) is 6.73. The Hall–Kier alpha value is -2.58. The van der Waals surface area contributed by atoms with Gasteiger partial charge in [-0.3, -0.25) is 10.1 Å². The molecule has 1 aromatic carbocycles. The second kappa shape index (κ2) is 7.61. The molecule has 1 aromatic rings. The summed E-state index contributed by atoms with van der Waals surface area (Å²) in [5.74, 6) is -4.29. The summed E-state index contributed by atoms with van der Waals surface area (Å²) >= 11 is 0. The van der Waals surface area contributed by atoms with E-state index >= 15 is 0 Å². The van der Waals surface area contributed by atoms with Crippen LogP contribution in [0.15, 0.2) is 18.2 Å². The van der Waals surface area contributed by atoms with E-state index in [-0.39, 0.29) is 13.2 Å². The molecule has 0 unspecified atom stereocenters. The molecule has 0 N–H and O–H groups in total. The van der Waals surface area contributed by atoms with E-state index in [1.54, 1.807) is 0 Å². The van der Waals surface area contributed by atoms with Crippen LogP contribution in [-0.2, 0) is 25.5 Å². The van der Waals surface area contributed by atoms with Gasteiger partial charge in [-0.15, -0.1) is 0 Å². The van der Waals surface area contributed by atoms with Gasteiger partial charge in [0.1, 0.15) is 0 Å². The van der Waals surface area contributed by atoms with Crippen LogP contribution in [-0.4, -0.2) is 35.7 Å². The number of esters is 2. The molecule has 0 bridgehead atoms. The maximum absolute atomic E-state index is 14.9. The van der Waals surface area contributed by atoms with Gasteiger partial charge in [-0.25, -0.2) is 14.0 Å². The molecule has 0 aliphatic rings. The van der Waals surface area contributed by atoms with Gasteiger partial charge in [0.05, 0.1) is 18.1 Å². The normalized spacial score (nSPS) is 11.0. The van der Waals surface area contributed by atoms with Gasteiger partial charge >= 0.3 is 23.3 Å². The molecule has 0 saturated carbocycles. The second-order valence-electron chi connectivity index (χ2n) is 4.42. The van der Waals surface area contributed by atoms with Gasteiger partial charge in [-0.05, 0) is 19.9 Å². The Morgan fingerprint density at radius 2 is 1.74 bits per heavy atom. The summed E-state index contributed by atoms with van der Waals surface area (Å²) in [4.78, 5) is 33.5. The molecule has 0 saturated heterocycles. The van der Waals surface area contributed by atoms with Crippen LogP contribution in [0.4, 0.5) is 14.5 Å². The number of nitro groups is 1. The molecule has 0 fully saturated rings. The Balaban J connectivity index is 3.32. The minimum atomic E-state index is -3.30. The molecule has 0 atom stereocenters. The molecule has 0 spiro atoms. The Morgan fingerprint density at radius 3 is 2.17 bits per heavy atom. The molecule has 0 aromatic heterocycles. The van der Waals surface area contributed by atoms with Crippen LogP contribution in [0, 0.1) is 15.9 Å². The first kappa shape index (κ1) is 18.5. The first-order chi connectivity index (χ1) is 10.8. The predicted molar refractivity (Wildman–Crippen MR) is 73.9 cm³/mol. The van der Waals surface area contributed by atoms with E-state index < -0.39 is 46.0 Å². The average molecular weight is 331 g/mol. The highest BCUT2D eigenvalue weighted by Crippen LogP contribution is 2.29. The van der Waals surface area contributed by atoms with Crippen LogP contribution in [0.1, 0.15) is 19.4 Å². The van der Waals surface area contributed by atoms with E-state index in [2.05, 4.69) is 9.47 Å². The monoisotopic (exact) mass is 331 g/mol. The van der Waals surface area contributed by atoms with Crippen molar-refractivity contribution in [1.29, 1.82) is 0 Å². The van der Waals surface area contributed by atoms with Crippen LogP contribution in [0.25, 0.3) is 0 Å². The number of hydrogen-bond donors (Lipinski definition) is 0. The van der Waals surface area contributed by atoms with Crippen molar-refractivity contribution in [2.75, 3.05) is 13.2 Å². The van der Waals surface area contributed by atoms with Crippen molar-refractivity contribution in [3.63, 3.8) is 0 Å². The lowest BCUT2D eigenvalue weighted by atomic mass is 9.95. The molecule has 0 amide bonds. The van der Waals surface area contributed by atoms with Crippen molar-refractivity contribution in [2.24, 2.45) is 0 Å². The maximum Gasteiger partial charge on any atom is 0.356 e. The fourth-order valence-electron chi connectivity index (χ4n) is 1.89. The SMILES string of the molecule is CCOC(=O)C(F)(Cc1cccc(F)c1[N+](=O)[O-])C(=O)OCC. The average Bonchev–Trinajstić information content (AvgIpc) is 2.47. The summed E-state index contributed by atoms with van der Waals surface area (Å²) in [5.41, 5.74) is -4.77. The Morgan fingerprint density at radius 1 is 1.22 bits per heavy atom. The van der Waals surface area contributed by atoms with Crippen LogP contribution in [0.2, 0.25) is 0 Å². The Bertz CT molecular complexity index is 601. The summed E-state index contributed by atoms with van der Waals surface area (Å²) in [6.07, 6.45) is -1.07. The van der Waals surface area contributed by atoms with Crippen molar-refractivity contribution in [2.45, 2.75) is 25.9 Å². The number of nitrogens with zero attached hydrogens (tertiary/aromatic N) is 1. The van der Waals surface area contributed by atoms with E-state index in [1.807, 2.05) is 0 Å². The molecule has 23 heavy (non-hydrogen) atoms. The number of rotatable bonds is 7. The number of benzene rings is 1. The summed E-state index contributed by atoms with van der Waals surface area (Å²) in [6, 6.07) is 2.97. The third-order valence-corrected chi connectivity index (χ3v) is 2.88. The maximum atomic E-state index is 14.9. The molecule has 0 aliphatic carbocycles. The zero-order valence-corrected chi connectivity index (χ0v) is 12.5. The Labute approximate surface area is 130 Å². The third-order valence-electron chi connectivity index (χ3n) is 2.88. The number of carbonyl (C=O) groups is 2. The van der Waals surface area contributed by atoms with E-state index in [1.165, 1.54) is 13.8 Å². The van der Waals surface area contributed by atoms with Crippen molar-refractivity contribution >= 4 is 17.6 Å². The highest BCUT2D eigenvalue weighted by atomic mass is 19.1. The number of nitro benzene ring substituents is 1. The van der Waals surface area contributed by atoms with Gasteiger partial charge in [0.15, 0.2) is 0 Å². The van der Waals surface area contributed by atoms with Gasteiger partial charge < -0.3 is 9.47 Å². The second-order valence-corrected chi connectivity index (χ2v) is 4.42. The predicted octanol–water partition coefficient (Wildman–Crippen LogP) is 2.11. The number of ether oxygens (including phenoxy) is 2. The Kier molecular flexibility index (Phi) is 6.11. The largest absolute Gasteiger partial charge is 0.463 e. The highest BCUT2D eigenvalue weighted by Gasteiger charge is 2.51. The van der Waals surface area contributed by atoms with Crippen molar-refractivity contribution in [3.05, 3.63) is 39.7 Å². The lowest BCUT2D eigenvalue weighted by molar-refractivity contribution is -0.388. The number of hydrogen-bond acceptors (Lipinski definition) is 6. The topological polar surface area (TPSA) is 95.7 Å². The first-order valence-electron chi connectivity index (χ1n) is 6.73. The van der Waals surface area contributed by atoms with Crippen LogP contribution < -0.4 is 0 Å². The molecule has 0 heterocycles. The van der Waals surface area contributed by atoms with Gasteiger partial charge in [-0.2, -0.15) is 4.39 Å². The fourth-order valence-corrected chi connectivity index (χ4v) is 1.89. The third kappa shape index (κ3) is 3.99. The minimum Gasteiger partial charge on any atom is -0.463 e. The zero-order chi connectivity index (χ0) is 17.6. The molecular formula is C14H15F2NO6. The quantitative estimate of drug-likeness (QED) is 0.329. The van der Waals surface area contributed by atoms with Gasteiger partial charge in [0.2, 0.25) is 5.82 Å². The molecular weight excluding hydrogens is 316 g/mol. The van der Waals surface area contributed by atoms with Crippen molar-refractivity contribution in [3.8, 4) is 0 Å². The highest BCUT2D eigenvalue weighted by molar-refractivity contribution is 6.03. The summed E-state index contributed by atoms with van der Waals surface area (Å²) in [6.45, 7) is 2.37.